The molecule has 2 heterocycles. The lowest BCUT2D eigenvalue weighted by atomic mass is 9.97. The van der Waals surface area contributed by atoms with Gasteiger partial charge in [-0.05, 0) is 40.9 Å². The summed E-state index contributed by atoms with van der Waals surface area (Å²) in [6, 6.07) is 34.4. The Morgan fingerprint density at radius 1 is 0.745 bits per heavy atom. The number of methoxy groups -OCH3 is 1. The zero-order valence-electron chi connectivity index (χ0n) is 30.0. The lowest BCUT2D eigenvalue weighted by Gasteiger charge is -2.45. The Morgan fingerprint density at radius 2 is 1.31 bits per heavy atom. The summed E-state index contributed by atoms with van der Waals surface area (Å²) in [5.41, 5.74) is 12.1. The summed E-state index contributed by atoms with van der Waals surface area (Å²) in [6.07, 6.45) is -7.83. The molecule has 0 saturated carbocycles. The minimum absolute atomic E-state index is 0.0253. The van der Waals surface area contributed by atoms with Crippen LogP contribution in [0.3, 0.4) is 0 Å². The number of benzene rings is 4. The fourth-order valence-electron chi connectivity index (χ4n) is 6.31. The van der Waals surface area contributed by atoms with Crippen LogP contribution in [0.1, 0.15) is 38.3 Å². The molecule has 8 unspecified atom stereocenters. The zero-order valence-corrected chi connectivity index (χ0v) is 30.0. The van der Waals surface area contributed by atoms with Crippen LogP contribution >= 0.6 is 0 Å². The maximum Gasteiger partial charge on any atom is 0.338 e. The van der Waals surface area contributed by atoms with Crippen LogP contribution in [0.15, 0.2) is 126 Å². The summed E-state index contributed by atoms with van der Waals surface area (Å²) in [5, 5.41) is 3.96. The fraction of sp³-hybridized carbons (Fsp3) is 0.341. The molecule has 2 saturated heterocycles. The Labute approximate surface area is 317 Å². The third-order valence-electron chi connectivity index (χ3n) is 9.09. The van der Waals surface area contributed by atoms with Gasteiger partial charge in [0.25, 0.3) is 0 Å². The van der Waals surface area contributed by atoms with Crippen molar-refractivity contribution in [2.45, 2.75) is 68.6 Å². The van der Waals surface area contributed by atoms with Crippen LogP contribution in [-0.4, -0.2) is 87.2 Å². The lowest BCUT2D eigenvalue weighted by molar-refractivity contribution is -0.302. The molecule has 0 amide bonds. The first kappa shape index (κ1) is 39.1. The van der Waals surface area contributed by atoms with E-state index < -0.39 is 66.9 Å². The van der Waals surface area contributed by atoms with E-state index in [9.17, 15) is 19.9 Å². The minimum atomic E-state index is -1.46. The number of carbonyl (C=O) groups excluding carboxylic acids is 3. The van der Waals surface area contributed by atoms with E-state index in [1.165, 1.54) is 7.11 Å². The molecule has 8 atom stereocenters. The second-order valence-electron chi connectivity index (χ2n) is 12.8. The standard InChI is InChI=1S/C41H41N3O11/c1-48-40(47)37-36(35(50-24-28-16-8-3-9-17-28)33(26-51-37)49-23-27-14-6-2-7-15-27)55-41-34(43-44-42)32(54-39(46)30-20-12-5-13-21-30)22-31(53-41)25-52-38(45)29-18-10-4-11-19-29/h2-21,31-37,41H,22-26H2,1H3. The van der Waals surface area contributed by atoms with Crippen molar-refractivity contribution in [1.29, 1.82) is 0 Å². The van der Waals surface area contributed by atoms with E-state index in [1.807, 2.05) is 60.7 Å². The predicted octanol–water partition coefficient (Wildman–Crippen LogP) is 5.99. The predicted molar refractivity (Wildman–Crippen MR) is 195 cm³/mol. The number of esters is 3. The number of hydrogen-bond donors (Lipinski definition) is 0. The molecular weight excluding hydrogens is 710 g/mol. The van der Waals surface area contributed by atoms with Crippen molar-refractivity contribution in [1.82, 2.24) is 0 Å². The van der Waals surface area contributed by atoms with Crippen LogP contribution in [-0.2, 0) is 55.9 Å². The Kier molecular flexibility index (Phi) is 14.0. The summed E-state index contributed by atoms with van der Waals surface area (Å²) < 4.78 is 48.5. The molecule has 55 heavy (non-hydrogen) atoms. The van der Waals surface area contributed by atoms with E-state index in [2.05, 4.69) is 10.0 Å². The number of carbonyl (C=O) groups is 3. The topological polar surface area (TPSA) is 174 Å². The van der Waals surface area contributed by atoms with E-state index in [0.717, 1.165) is 11.1 Å². The van der Waals surface area contributed by atoms with Gasteiger partial charge in [-0.2, -0.15) is 0 Å². The summed E-state index contributed by atoms with van der Waals surface area (Å²) in [5.74, 6) is -2.04. The van der Waals surface area contributed by atoms with Crippen LogP contribution < -0.4 is 0 Å². The van der Waals surface area contributed by atoms with Crippen LogP contribution in [0.2, 0.25) is 0 Å². The van der Waals surface area contributed by atoms with Crippen LogP contribution in [0.5, 0.6) is 0 Å². The van der Waals surface area contributed by atoms with Gasteiger partial charge in [0.1, 0.15) is 37.1 Å². The molecule has 2 aliphatic rings. The highest BCUT2D eigenvalue weighted by Crippen LogP contribution is 2.33. The third kappa shape index (κ3) is 10.5. The van der Waals surface area contributed by atoms with Crippen LogP contribution in [0, 0.1) is 0 Å². The van der Waals surface area contributed by atoms with Gasteiger partial charge < -0.3 is 37.9 Å². The van der Waals surface area contributed by atoms with Gasteiger partial charge in [-0.3, -0.25) is 0 Å². The smallest absolute Gasteiger partial charge is 0.338 e. The summed E-state index contributed by atoms with van der Waals surface area (Å²) in [6.45, 7) is -0.00461. The first-order valence-corrected chi connectivity index (χ1v) is 17.8. The molecule has 0 aromatic heterocycles. The molecule has 286 valence electrons. The number of nitrogens with zero attached hydrogens (tertiary/aromatic N) is 3. The van der Waals surface area contributed by atoms with Crippen LogP contribution in [0.4, 0.5) is 0 Å². The van der Waals surface area contributed by atoms with Crippen molar-refractivity contribution >= 4 is 17.9 Å². The van der Waals surface area contributed by atoms with Gasteiger partial charge in [0.2, 0.25) is 0 Å². The van der Waals surface area contributed by atoms with Crippen molar-refractivity contribution in [2.24, 2.45) is 5.11 Å². The largest absolute Gasteiger partial charge is 0.467 e. The van der Waals surface area contributed by atoms with Crippen molar-refractivity contribution in [2.75, 3.05) is 20.3 Å². The lowest BCUT2D eigenvalue weighted by Crippen LogP contribution is -2.62. The van der Waals surface area contributed by atoms with Gasteiger partial charge in [0.05, 0.1) is 44.2 Å². The Hall–Kier alpha value is -5.60. The highest BCUT2D eigenvalue weighted by atomic mass is 16.7. The number of hydrogen-bond acceptors (Lipinski definition) is 12. The second kappa shape index (κ2) is 19.6. The third-order valence-corrected chi connectivity index (χ3v) is 9.09. The molecule has 14 nitrogen and oxygen atoms in total. The molecule has 2 aliphatic heterocycles. The molecule has 0 N–H and O–H groups in total. The quantitative estimate of drug-likeness (QED) is 0.0459. The molecule has 0 bridgehead atoms. The normalized spacial score (nSPS) is 24.8. The summed E-state index contributed by atoms with van der Waals surface area (Å²) in [7, 11) is 1.22. The summed E-state index contributed by atoms with van der Waals surface area (Å²) >= 11 is 0. The van der Waals surface area contributed by atoms with Crippen molar-refractivity contribution in [3.8, 4) is 0 Å². The Bertz CT molecular complexity index is 1880. The maximum absolute atomic E-state index is 13.4. The molecule has 0 spiro atoms. The van der Waals surface area contributed by atoms with Gasteiger partial charge in [0.15, 0.2) is 12.4 Å². The van der Waals surface area contributed by atoms with Crippen molar-refractivity contribution in [3.63, 3.8) is 0 Å². The van der Waals surface area contributed by atoms with Gasteiger partial charge in [-0.25, -0.2) is 14.4 Å². The van der Waals surface area contributed by atoms with Gasteiger partial charge in [0, 0.05) is 11.3 Å². The van der Waals surface area contributed by atoms with Crippen molar-refractivity contribution < 1.29 is 52.3 Å². The molecular formula is C41H41N3O11. The zero-order chi connectivity index (χ0) is 38.4. The molecule has 0 radical (unpaired) electrons. The average molecular weight is 752 g/mol. The van der Waals surface area contributed by atoms with E-state index in [0.29, 0.717) is 5.56 Å². The van der Waals surface area contributed by atoms with Gasteiger partial charge >= 0.3 is 17.9 Å². The molecule has 4 aromatic carbocycles. The molecule has 6 rings (SSSR count). The number of azide groups is 1. The van der Waals surface area contributed by atoms with E-state index >= 15 is 0 Å². The average Bonchev–Trinajstić information content (AvgIpc) is 3.23. The number of ether oxygens (including phenoxy) is 8. The van der Waals surface area contributed by atoms with Crippen LogP contribution in [0.25, 0.3) is 10.4 Å². The van der Waals surface area contributed by atoms with Gasteiger partial charge in [-0.15, -0.1) is 0 Å². The fourth-order valence-corrected chi connectivity index (χ4v) is 6.31. The second-order valence-corrected chi connectivity index (χ2v) is 12.8. The Morgan fingerprint density at radius 3 is 1.89 bits per heavy atom. The monoisotopic (exact) mass is 751 g/mol. The first-order chi connectivity index (χ1) is 26.9. The minimum Gasteiger partial charge on any atom is -0.467 e. The number of rotatable bonds is 15. The molecule has 2 fully saturated rings. The molecule has 4 aromatic rings. The highest BCUT2D eigenvalue weighted by molar-refractivity contribution is 5.90. The highest BCUT2D eigenvalue weighted by Gasteiger charge is 2.51. The van der Waals surface area contributed by atoms with E-state index in [1.54, 1.807) is 60.7 Å². The van der Waals surface area contributed by atoms with E-state index in [4.69, 9.17) is 37.9 Å². The maximum atomic E-state index is 13.4. The summed E-state index contributed by atoms with van der Waals surface area (Å²) in [4.78, 5) is 42.6. The first-order valence-electron chi connectivity index (χ1n) is 17.8. The van der Waals surface area contributed by atoms with Crippen molar-refractivity contribution in [3.05, 3.63) is 154 Å². The Balaban J connectivity index is 1.31. The molecule has 0 aliphatic carbocycles. The molecule has 14 heteroatoms. The SMILES string of the molecule is COC(=O)C1OCC(OCc2ccccc2)C(OCc2ccccc2)C1OC1OC(COC(=O)c2ccccc2)CC(OC(=O)c2ccccc2)C1N=[N+]=[N-]. The van der Waals surface area contributed by atoms with Gasteiger partial charge in [-0.1, -0.05) is 102 Å². The van der Waals surface area contributed by atoms with E-state index in [-0.39, 0.29) is 38.4 Å².